The number of pyridine rings is 1. The molecule has 3 aromatic rings. The number of aryl methyl sites for hydroxylation is 1. The number of hydrogen-bond donors (Lipinski definition) is 1. The van der Waals surface area contributed by atoms with Crippen LogP contribution in [0, 0.1) is 11.7 Å². The van der Waals surface area contributed by atoms with E-state index in [1.165, 1.54) is 0 Å². The highest BCUT2D eigenvalue weighted by atomic mass is 32.1. The fraction of sp³-hybridized carbons (Fsp3) is 0.200. The van der Waals surface area contributed by atoms with Crippen molar-refractivity contribution >= 4 is 29.1 Å². The highest BCUT2D eigenvalue weighted by molar-refractivity contribution is 7.71. The molecule has 0 spiro atoms. The molecule has 0 aliphatic rings. The number of nitrogens with one attached hydrogen (secondary N) is 1. The summed E-state index contributed by atoms with van der Waals surface area (Å²) in [6.07, 6.45) is 1.81. The number of nitrogens with zero attached hydrogens (tertiary/aromatic N) is 3. The summed E-state index contributed by atoms with van der Waals surface area (Å²) in [6.45, 7) is 2.05. The molecule has 0 amide bonds. The largest absolute Gasteiger partial charge is 0.378 e. The minimum absolute atomic E-state index is 0.666. The highest BCUT2D eigenvalue weighted by Gasteiger charge is 2.09. The lowest BCUT2D eigenvalue weighted by molar-refractivity contribution is 1.04. The monoisotopic (exact) mass is 284 g/mol. The summed E-state index contributed by atoms with van der Waals surface area (Å²) in [5.41, 5.74) is 5.18. The second-order valence-corrected chi connectivity index (χ2v) is 5.39. The zero-order valence-corrected chi connectivity index (χ0v) is 12.5. The van der Waals surface area contributed by atoms with Gasteiger partial charge >= 0.3 is 0 Å². The van der Waals surface area contributed by atoms with Gasteiger partial charge in [-0.25, -0.2) is 4.98 Å². The summed E-state index contributed by atoms with van der Waals surface area (Å²) in [5.74, 6) is 0. The summed E-state index contributed by atoms with van der Waals surface area (Å²) in [4.78, 5) is 9.76. The van der Waals surface area contributed by atoms with Crippen molar-refractivity contribution in [3.05, 3.63) is 46.9 Å². The minimum atomic E-state index is 0.666. The maximum atomic E-state index is 5.44. The number of benzene rings is 1. The molecule has 0 unspecified atom stereocenters. The molecule has 2 heterocycles. The van der Waals surface area contributed by atoms with Crippen LogP contribution in [0.1, 0.15) is 5.56 Å². The van der Waals surface area contributed by atoms with Gasteiger partial charge in [0.05, 0.1) is 11.2 Å². The fourth-order valence-corrected chi connectivity index (χ4v) is 2.56. The van der Waals surface area contributed by atoms with Crippen molar-refractivity contribution < 1.29 is 0 Å². The molecule has 0 aliphatic carbocycles. The van der Waals surface area contributed by atoms with Crippen LogP contribution in [0.5, 0.6) is 0 Å². The van der Waals surface area contributed by atoms with Gasteiger partial charge in [0.15, 0.2) is 10.4 Å². The fourth-order valence-electron chi connectivity index (χ4n) is 2.27. The van der Waals surface area contributed by atoms with Crippen molar-refractivity contribution in [2.75, 3.05) is 19.0 Å². The van der Waals surface area contributed by atoms with E-state index in [1.807, 2.05) is 30.9 Å². The van der Waals surface area contributed by atoms with Gasteiger partial charge in [-0.1, -0.05) is 0 Å². The molecule has 0 bridgehead atoms. The molecule has 0 fully saturated rings. The van der Waals surface area contributed by atoms with Gasteiger partial charge in [0.1, 0.15) is 0 Å². The molecule has 0 saturated heterocycles. The maximum absolute atomic E-state index is 5.44. The molecule has 3 rings (SSSR count). The van der Waals surface area contributed by atoms with Gasteiger partial charge < -0.3 is 9.88 Å². The van der Waals surface area contributed by atoms with Gasteiger partial charge in [-0.3, -0.25) is 4.57 Å². The van der Waals surface area contributed by atoms with Gasteiger partial charge in [-0.05, 0) is 55.0 Å². The molecular formula is C15H16N4S. The Kier molecular flexibility index (Phi) is 3.06. The van der Waals surface area contributed by atoms with Gasteiger partial charge in [-0.15, -0.1) is 0 Å². The molecule has 2 aromatic heterocycles. The molecular weight excluding hydrogens is 268 g/mol. The van der Waals surface area contributed by atoms with Crippen molar-refractivity contribution in [1.29, 1.82) is 0 Å². The second kappa shape index (κ2) is 4.76. The van der Waals surface area contributed by atoms with Crippen LogP contribution >= 0.6 is 12.2 Å². The van der Waals surface area contributed by atoms with Gasteiger partial charge in [-0.2, -0.15) is 0 Å². The average molecular weight is 284 g/mol. The van der Waals surface area contributed by atoms with Crippen molar-refractivity contribution in [3.63, 3.8) is 0 Å². The van der Waals surface area contributed by atoms with E-state index in [9.17, 15) is 0 Å². The molecule has 1 N–H and O–H groups in total. The van der Waals surface area contributed by atoms with Gasteiger partial charge in [0.2, 0.25) is 0 Å². The zero-order valence-electron chi connectivity index (χ0n) is 11.7. The molecule has 0 atom stereocenters. The molecule has 1 aromatic carbocycles. The molecule has 102 valence electrons. The van der Waals surface area contributed by atoms with Crippen molar-refractivity contribution in [2.45, 2.75) is 6.92 Å². The Bertz CT molecular complexity index is 812. The van der Waals surface area contributed by atoms with E-state index in [4.69, 9.17) is 12.2 Å². The van der Waals surface area contributed by atoms with E-state index in [0.717, 1.165) is 28.1 Å². The summed E-state index contributed by atoms with van der Waals surface area (Å²) < 4.78 is 2.64. The summed E-state index contributed by atoms with van der Waals surface area (Å²) in [5, 5.41) is 0. The van der Waals surface area contributed by atoms with Crippen molar-refractivity contribution in [3.8, 4) is 5.69 Å². The van der Waals surface area contributed by atoms with Gasteiger partial charge in [0.25, 0.3) is 0 Å². The van der Waals surface area contributed by atoms with E-state index in [2.05, 4.69) is 46.1 Å². The number of H-pyrrole nitrogens is 1. The highest BCUT2D eigenvalue weighted by Crippen LogP contribution is 2.21. The third-order valence-electron chi connectivity index (χ3n) is 3.41. The molecule has 0 saturated carbocycles. The topological polar surface area (TPSA) is 36.9 Å². The predicted molar refractivity (Wildman–Crippen MR) is 85.3 cm³/mol. The third kappa shape index (κ3) is 2.00. The first-order valence-corrected chi connectivity index (χ1v) is 6.83. The van der Waals surface area contributed by atoms with Crippen molar-refractivity contribution in [2.24, 2.45) is 0 Å². The summed E-state index contributed by atoms with van der Waals surface area (Å²) >= 11 is 5.44. The number of aromatic amines is 1. The Hall–Kier alpha value is -2.14. The molecule has 0 aliphatic heterocycles. The van der Waals surface area contributed by atoms with Crippen LogP contribution in [0.15, 0.2) is 36.5 Å². The average Bonchev–Trinajstić information content (AvgIpc) is 2.77. The number of rotatable bonds is 2. The maximum Gasteiger partial charge on any atom is 0.184 e. The number of aromatic nitrogens is 3. The SMILES string of the molecule is Cc1ccnc2c1[nH]c(=S)n2-c1ccc(N(C)C)cc1. The second-order valence-electron chi connectivity index (χ2n) is 5.00. The lowest BCUT2D eigenvalue weighted by atomic mass is 10.2. The predicted octanol–water partition coefficient (Wildman–Crippen LogP) is 3.46. The third-order valence-corrected chi connectivity index (χ3v) is 3.70. The van der Waals surface area contributed by atoms with E-state index in [1.54, 1.807) is 0 Å². The molecule has 4 nitrogen and oxygen atoms in total. The number of anilines is 1. The van der Waals surface area contributed by atoms with E-state index in [0.29, 0.717) is 4.77 Å². The minimum Gasteiger partial charge on any atom is -0.378 e. The Morgan fingerprint density at radius 2 is 1.85 bits per heavy atom. The first kappa shape index (κ1) is 12.9. The van der Waals surface area contributed by atoms with E-state index in [-0.39, 0.29) is 0 Å². The van der Waals surface area contributed by atoms with Crippen LogP contribution in [-0.4, -0.2) is 28.6 Å². The quantitative estimate of drug-likeness (QED) is 0.732. The number of hydrogen-bond acceptors (Lipinski definition) is 3. The van der Waals surface area contributed by atoms with Crippen LogP contribution in [-0.2, 0) is 0 Å². The van der Waals surface area contributed by atoms with Crippen LogP contribution in [0.25, 0.3) is 16.9 Å². The summed E-state index contributed by atoms with van der Waals surface area (Å²) in [6, 6.07) is 10.2. The molecule has 0 radical (unpaired) electrons. The number of imidazole rings is 1. The Balaban J connectivity index is 2.22. The lowest BCUT2D eigenvalue weighted by Gasteiger charge is -2.13. The Morgan fingerprint density at radius 3 is 2.50 bits per heavy atom. The smallest absolute Gasteiger partial charge is 0.184 e. The summed E-state index contributed by atoms with van der Waals surface area (Å²) in [7, 11) is 4.05. The van der Waals surface area contributed by atoms with Crippen molar-refractivity contribution in [1.82, 2.24) is 14.5 Å². The Labute approximate surface area is 122 Å². The first-order chi connectivity index (χ1) is 9.58. The van der Waals surface area contributed by atoms with Gasteiger partial charge in [0, 0.05) is 26.0 Å². The first-order valence-electron chi connectivity index (χ1n) is 6.42. The van der Waals surface area contributed by atoms with Crippen LogP contribution in [0.4, 0.5) is 5.69 Å². The standard InChI is InChI=1S/C15H16N4S/c1-10-8-9-16-14-13(10)17-15(20)19(14)12-6-4-11(5-7-12)18(2)3/h4-9H,1-3H3,(H,17,20). The zero-order chi connectivity index (χ0) is 14.3. The number of fused-ring (bicyclic) bond motifs is 1. The van der Waals surface area contributed by atoms with Crippen LogP contribution in [0.3, 0.4) is 0 Å². The lowest BCUT2D eigenvalue weighted by Crippen LogP contribution is -2.08. The van der Waals surface area contributed by atoms with Crippen LogP contribution < -0.4 is 4.90 Å². The Morgan fingerprint density at radius 1 is 1.15 bits per heavy atom. The molecule has 5 heteroatoms. The van der Waals surface area contributed by atoms with E-state index < -0.39 is 0 Å². The van der Waals surface area contributed by atoms with Crippen LogP contribution in [0.2, 0.25) is 0 Å². The molecule has 20 heavy (non-hydrogen) atoms. The van der Waals surface area contributed by atoms with E-state index >= 15 is 0 Å². The normalized spacial score (nSPS) is 10.9.